The van der Waals surface area contributed by atoms with Gasteiger partial charge in [0.1, 0.15) is 6.61 Å². The number of hydrogen-bond acceptors (Lipinski definition) is 4. The van der Waals surface area contributed by atoms with E-state index in [-0.39, 0.29) is 19.8 Å². The Bertz CT molecular complexity index is 480. The fraction of sp³-hybridized carbons (Fsp3) is 0.385. The Hall–Kier alpha value is -0.820. The van der Waals surface area contributed by atoms with E-state index in [9.17, 15) is 4.57 Å². The summed E-state index contributed by atoms with van der Waals surface area (Å²) in [6.45, 7) is 3.91. The maximum Gasteiger partial charge on any atom is 0.475 e. The highest BCUT2D eigenvalue weighted by atomic mass is 35.5. The van der Waals surface area contributed by atoms with Gasteiger partial charge in [-0.1, -0.05) is 23.4 Å². The van der Waals surface area contributed by atoms with Gasteiger partial charge in [0.2, 0.25) is 0 Å². The van der Waals surface area contributed by atoms with Gasteiger partial charge < -0.3 is 0 Å². The molecule has 1 rings (SSSR count). The minimum atomic E-state index is -3.47. The maximum atomic E-state index is 11.9. The van der Waals surface area contributed by atoms with Crippen molar-refractivity contribution in [2.45, 2.75) is 13.8 Å². The van der Waals surface area contributed by atoms with Crippen molar-refractivity contribution in [1.82, 2.24) is 0 Å². The number of hydrogen-bond donors (Lipinski definition) is 0. The van der Waals surface area contributed by atoms with Crippen LogP contribution in [0.15, 0.2) is 24.3 Å². The maximum absolute atomic E-state index is 11.9. The molecule has 0 bridgehead atoms. The number of phosphoric acid groups is 1. The van der Waals surface area contributed by atoms with Crippen LogP contribution in [0.5, 0.6) is 0 Å². The van der Waals surface area contributed by atoms with Crippen LogP contribution in [0.2, 0.25) is 5.02 Å². The zero-order chi connectivity index (χ0) is 14.1. The first kappa shape index (κ1) is 16.2. The van der Waals surface area contributed by atoms with E-state index in [0.717, 1.165) is 5.56 Å². The zero-order valence-corrected chi connectivity index (χ0v) is 12.5. The van der Waals surface area contributed by atoms with E-state index in [1.807, 2.05) is 0 Å². The normalized spacial score (nSPS) is 10.9. The molecule has 6 heteroatoms. The van der Waals surface area contributed by atoms with Crippen LogP contribution in [0.1, 0.15) is 19.4 Å². The van der Waals surface area contributed by atoms with E-state index in [1.54, 1.807) is 38.1 Å². The number of phosphoric ester groups is 1. The molecule has 0 aliphatic heterocycles. The lowest BCUT2D eigenvalue weighted by atomic mass is 10.2. The molecule has 0 saturated heterocycles. The molecule has 0 atom stereocenters. The van der Waals surface area contributed by atoms with Gasteiger partial charge >= 0.3 is 7.82 Å². The summed E-state index contributed by atoms with van der Waals surface area (Å²) in [6, 6.07) is 7.08. The molecule has 19 heavy (non-hydrogen) atoms. The molecule has 1 aromatic carbocycles. The van der Waals surface area contributed by atoms with E-state index >= 15 is 0 Å². The zero-order valence-electron chi connectivity index (χ0n) is 10.9. The standard InChI is InChI=1S/C13H16ClO4P/c1-3-16-19(15,17-4-2)18-11-5-6-12-7-9-13(14)10-8-12/h7-10H,3-4,11H2,1-2H3. The number of rotatable bonds is 6. The molecule has 0 spiro atoms. The lowest BCUT2D eigenvalue weighted by Gasteiger charge is -2.14. The van der Waals surface area contributed by atoms with Crippen molar-refractivity contribution in [3.63, 3.8) is 0 Å². The second-order valence-corrected chi connectivity index (χ2v) is 5.47. The van der Waals surface area contributed by atoms with E-state index in [4.69, 9.17) is 25.2 Å². The van der Waals surface area contributed by atoms with E-state index in [2.05, 4.69) is 11.8 Å². The minimum Gasteiger partial charge on any atom is -0.287 e. The van der Waals surface area contributed by atoms with Crippen molar-refractivity contribution in [3.8, 4) is 11.8 Å². The number of benzene rings is 1. The van der Waals surface area contributed by atoms with Gasteiger partial charge in [-0.25, -0.2) is 4.57 Å². The Balaban J connectivity index is 2.53. The Labute approximate surface area is 118 Å². The van der Waals surface area contributed by atoms with Crippen LogP contribution in [-0.4, -0.2) is 19.8 Å². The van der Waals surface area contributed by atoms with Crippen molar-refractivity contribution in [1.29, 1.82) is 0 Å². The highest BCUT2D eigenvalue weighted by Crippen LogP contribution is 2.48. The Kier molecular flexibility index (Phi) is 7.15. The third-order valence-electron chi connectivity index (χ3n) is 1.95. The van der Waals surface area contributed by atoms with E-state index < -0.39 is 7.82 Å². The summed E-state index contributed by atoms with van der Waals surface area (Å²) < 4.78 is 26.9. The minimum absolute atomic E-state index is 0.0279. The molecular formula is C13H16ClO4P. The highest BCUT2D eigenvalue weighted by Gasteiger charge is 2.24. The molecular weight excluding hydrogens is 287 g/mol. The third-order valence-corrected chi connectivity index (χ3v) is 3.79. The molecule has 0 aromatic heterocycles. The summed E-state index contributed by atoms with van der Waals surface area (Å²) in [5.41, 5.74) is 0.802. The largest absolute Gasteiger partial charge is 0.475 e. The summed E-state index contributed by atoms with van der Waals surface area (Å²) in [5, 5.41) is 0.652. The van der Waals surface area contributed by atoms with Gasteiger partial charge in [0.15, 0.2) is 0 Å². The van der Waals surface area contributed by atoms with Crippen LogP contribution in [0.3, 0.4) is 0 Å². The molecule has 0 N–H and O–H groups in total. The quantitative estimate of drug-likeness (QED) is 0.591. The number of halogens is 1. The van der Waals surface area contributed by atoms with Crippen LogP contribution in [0, 0.1) is 11.8 Å². The summed E-state index contributed by atoms with van der Waals surface area (Å²) in [4.78, 5) is 0. The summed E-state index contributed by atoms with van der Waals surface area (Å²) in [5.74, 6) is 5.61. The van der Waals surface area contributed by atoms with Crippen molar-refractivity contribution in [3.05, 3.63) is 34.9 Å². The molecule has 0 amide bonds. The van der Waals surface area contributed by atoms with Gasteiger partial charge in [0.05, 0.1) is 13.2 Å². The Morgan fingerprint density at radius 1 is 1.11 bits per heavy atom. The molecule has 1 aromatic rings. The smallest absolute Gasteiger partial charge is 0.287 e. The van der Waals surface area contributed by atoms with E-state index in [0.29, 0.717) is 5.02 Å². The Morgan fingerprint density at radius 3 is 2.21 bits per heavy atom. The summed E-state index contributed by atoms with van der Waals surface area (Å²) in [6.07, 6.45) is 0. The average molecular weight is 303 g/mol. The predicted octanol–water partition coefficient (Wildman–Crippen LogP) is 3.89. The van der Waals surface area contributed by atoms with Crippen molar-refractivity contribution in [2.75, 3.05) is 19.8 Å². The summed E-state index contributed by atoms with van der Waals surface area (Å²) >= 11 is 5.76. The molecule has 0 aliphatic carbocycles. The van der Waals surface area contributed by atoms with Crippen LogP contribution >= 0.6 is 19.4 Å². The monoisotopic (exact) mass is 302 g/mol. The van der Waals surface area contributed by atoms with Crippen molar-refractivity contribution >= 4 is 19.4 Å². The predicted molar refractivity (Wildman–Crippen MR) is 75.1 cm³/mol. The van der Waals surface area contributed by atoms with Crippen LogP contribution < -0.4 is 0 Å². The van der Waals surface area contributed by atoms with Gasteiger partial charge in [-0.05, 0) is 38.1 Å². The summed E-state index contributed by atoms with van der Waals surface area (Å²) in [7, 11) is -3.47. The molecule has 0 radical (unpaired) electrons. The fourth-order valence-electron chi connectivity index (χ4n) is 1.21. The SMILES string of the molecule is CCOP(=O)(OCC)OCC#Cc1ccc(Cl)cc1. The second-order valence-electron chi connectivity index (χ2n) is 3.36. The Morgan fingerprint density at radius 2 is 1.68 bits per heavy atom. The van der Waals surface area contributed by atoms with E-state index in [1.165, 1.54) is 0 Å². The second kappa shape index (κ2) is 8.37. The lowest BCUT2D eigenvalue weighted by molar-refractivity contribution is 0.132. The third kappa shape index (κ3) is 6.24. The highest BCUT2D eigenvalue weighted by molar-refractivity contribution is 7.48. The van der Waals surface area contributed by atoms with Gasteiger partial charge in [-0.3, -0.25) is 13.6 Å². The van der Waals surface area contributed by atoms with Crippen LogP contribution in [-0.2, 0) is 18.1 Å². The molecule has 0 aliphatic rings. The first-order valence-electron chi connectivity index (χ1n) is 5.87. The average Bonchev–Trinajstić information content (AvgIpc) is 2.37. The van der Waals surface area contributed by atoms with Crippen molar-refractivity contribution in [2.24, 2.45) is 0 Å². The molecule has 0 saturated carbocycles. The molecule has 0 fully saturated rings. The molecule has 0 heterocycles. The van der Waals surface area contributed by atoms with Crippen molar-refractivity contribution < 1.29 is 18.1 Å². The molecule has 104 valence electrons. The van der Waals surface area contributed by atoms with Gasteiger partial charge in [-0.2, -0.15) is 0 Å². The van der Waals surface area contributed by atoms with Gasteiger partial charge in [0, 0.05) is 10.6 Å². The first-order chi connectivity index (χ1) is 9.09. The van der Waals surface area contributed by atoms with Gasteiger partial charge in [-0.15, -0.1) is 0 Å². The fourth-order valence-corrected chi connectivity index (χ4v) is 2.42. The van der Waals surface area contributed by atoms with Gasteiger partial charge in [0.25, 0.3) is 0 Å². The lowest BCUT2D eigenvalue weighted by Crippen LogP contribution is -2.00. The van der Waals surface area contributed by atoms with Crippen LogP contribution in [0.25, 0.3) is 0 Å². The molecule has 4 nitrogen and oxygen atoms in total. The topological polar surface area (TPSA) is 44.8 Å². The van der Waals surface area contributed by atoms with Crippen LogP contribution in [0.4, 0.5) is 0 Å². The molecule has 0 unspecified atom stereocenters. The first-order valence-corrected chi connectivity index (χ1v) is 7.71.